The molecule has 0 aliphatic carbocycles. The molecule has 0 spiro atoms. The molecule has 1 heterocycles. The lowest BCUT2D eigenvalue weighted by molar-refractivity contribution is 0.311. The lowest BCUT2D eigenvalue weighted by atomic mass is 10.2. The highest BCUT2D eigenvalue weighted by Crippen LogP contribution is 2.13. The molecule has 0 atom stereocenters. The molecule has 1 aromatic heterocycles. The molecular formula is C14H19BrN4. The number of anilines is 1. The largest absolute Gasteiger partial charge is 0.382 e. The fraction of sp³-hybridized carbons (Fsp3) is 0.357. The summed E-state index contributed by atoms with van der Waals surface area (Å²) in [5.41, 5.74) is 6.90. The van der Waals surface area contributed by atoms with Gasteiger partial charge >= 0.3 is 0 Å². The van der Waals surface area contributed by atoms with Gasteiger partial charge < -0.3 is 10.6 Å². The third kappa shape index (κ3) is 4.69. The van der Waals surface area contributed by atoms with E-state index >= 15 is 0 Å². The van der Waals surface area contributed by atoms with Gasteiger partial charge in [0.05, 0.1) is 0 Å². The van der Waals surface area contributed by atoms with E-state index in [1.807, 2.05) is 23.0 Å². The van der Waals surface area contributed by atoms with Crippen LogP contribution in [0.5, 0.6) is 0 Å². The quantitative estimate of drug-likeness (QED) is 0.889. The Labute approximate surface area is 122 Å². The molecule has 2 rings (SSSR count). The number of rotatable bonds is 6. The second-order valence-corrected chi connectivity index (χ2v) is 5.64. The Morgan fingerprint density at radius 1 is 1.37 bits per heavy atom. The standard InChI is InChI=1S/C14H19BrN4/c1-18(11-12-4-2-5-13(15)10-12)7-3-8-19-9-6-14(16)17-19/h2,4-6,9-10H,3,7-8,11H2,1H3,(H2,16,17). The molecule has 2 N–H and O–H groups in total. The minimum atomic E-state index is 0.586. The van der Waals surface area contributed by atoms with Gasteiger partial charge in [0.2, 0.25) is 0 Å². The van der Waals surface area contributed by atoms with Gasteiger partial charge in [-0.1, -0.05) is 28.1 Å². The number of nitrogens with zero attached hydrogens (tertiary/aromatic N) is 3. The first-order valence-corrected chi connectivity index (χ1v) is 7.15. The molecule has 0 bridgehead atoms. The van der Waals surface area contributed by atoms with E-state index in [1.54, 1.807) is 0 Å². The van der Waals surface area contributed by atoms with Crippen molar-refractivity contribution in [3.8, 4) is 0 Å². The molecule has 2 aromatic rings. The van der Waals surface area contributed by atoms with Crippen LogP contribution in [0.2, 0.25) is 0 Å². The maximum atomic E-state index is 5.58. The van der Waals surface area contributed by atoms with Gasteiger partial charge in [0.25, 0.3) is 0 Å². The van der Waals surface area contributed by atoms with Crippen LogP contribution < -0.4 is 5.73 Å². The summed E-state index contributed by atoms with van der Waals surface area (Å²) in [7, 11) is 2.14. The Morgan fingerprint density at radius 2 is 2.21 bits per heavy atom. The van der Waals surface area contributed by atoms with E-state index in [0.29, 0.717) is 5.82 Å². The maximum Gasteiger partial charge on any atom is 0.145 e. The highest BCUT2D eigenvalue weighted by Gasteiger charge is 2.01. The van der Waals surface area contributed by atoms with Gasteiger partial charge in [-0.3, -0.25) is 4.68 Å². The summed E-state index contributed by atoms with van der Waals surface area (Å²) in [4.78, 5) is 2.31. The van der Waals surface area contributed by atoms with Crippen LogP contribution in [0, 0.1) is 0 Å². The van der Waals surface area contributed by atoms with Crippen molar-refractivity contribution in [1.29, 1.82) is 0 Å². The fourth-order valence-electron chi connectivity index (χ4n) is 2.03. The summed E-state index contributed by atoms with van der Waals surface area (Å²) in [6, 6.07) is 10.2. The Kier molecular flexibility index (Phi) is 4.99. The van der Waals surface area contributed by atoms with Crippen LogP contribution in [0.15, 0.2) is 41.0 Å². The number of hydrogen-bond acceptors (Lipinski definition) is 3. The van der Waals surface area contributed by atoms with E-state index in [2.05, 4.69) is 51.2 Å². The number of aryl methyl sites for hydroxylation is 1. The van der Waals surface area contributed by atoms with E-state index in [9.17, 15) is 0 Å². The first kappa shape index (κ1) is 14.1. The van der Waals surface area contributed by atoms with Crippen molar-refractivity contribution in [2.24, 2.45) is 0 Å². The molecule has 0 fully saturated rings. The van der Waals surface area contributed by atoms with Gasteiger partial charge in [-0.15, -0.1) is 0 Å². The first-order valence-electron chi connectivity index (χ1n) is 6.35. The van der Waals surface area contributed by atoms with Crippen molar-refractivity contribution in [2.45, 2.75) is 19.5 Å². The van der Waals surface area contributed by atoms with Crippen molar-refractivity contribution in [1.82, 2.24) is 14.7 Å². The molecule has 0 radical (unpaired) electrons. The molecule has 102 valence electrons. The molecule has 1 aromatic carbocycles. The normalized spacial score (nSPS) is 11.1. The van der Waals surface area contributed by atoms with Crippen LogP contribution in [0.4, 0.5) is 5.82 Å². The minimum absolute atomic E-state index is 0.586. The molecule has 19 heavy (non-hydrogen) atoms. The van der Waals surface area contributed by atoms with Crippen LogP contribution in [0.25, 0.3) is 0 Å². The van der Waals surface area contributed by atoms with Gasteiger partial charge in [0.1, 0.15) is 5.82 Å². The first-order chi connectivity index (χ1) is 9.13. The molecular weight excluding hydrogens is 304 g/mol. The third-order valence-electron chi connectivity index (χ3n) is 2.93. The molecule has 0 saturated heterocycles. The monoisotopic (exact) mass is 322 g/mol. The minimum Gasteiger partial charge on any atom is -0.382 e. The SMILES string of the molecule is CN(CCCn1ccc(N)n1)Cc1cccc(Br)c1. The highest BCUT2D eigenvalue weighted by molar-refractivity contribution is 9.10. The topological polar surface area (TPSA) is 47.1 Å². The van der Waals surface area contributed by atoms with Crippen LogP contribution in [0.1, 0.15) is 12.0 Å². The summed E-state index contributed by atoms with van der Waals surface area (Å²) in [5.74, 6) is 0.586. The van der Waals surface area contributed by atoms with Gasteiger partial charge in [-0.25, -0.2) is 0 Å². The number of halogens is 1. The lowest BCUT2D eigenvalue weighted by Gasteiger charge is -2.16. The summed E-state index contributed by atoms with van der Waals surface area (Å²) in [6.45, 7) is 2.90. The molecule has 0 aliphatic rings. The third-order valence-corrected chi connectivity index (χ3v) is 3.42. The predicted molar refractivity (Wildman–Crippen MR) is 81.7 cm³/mol. The molecule has 5 heteroatoms. The van der Waals surface area contributed by atoms with E-state index in [1.165, 1.54) is 5.56 Å². The van der Waals surface area contributed by atoms with Crippen LogP contribution in [-0.2, 0) is 13.1 Å². The Morgan fingerprint density at radius 3 is 2.89 bits per heavy atom. The van der Waals surface area contributed by atoms with Crippen molar-refractivity contribution in [2.75, 3.05) is 19.3 Å². The molecule has 0 amide bonds. The van der Waals surface area contributed by atoms with Crippen LogP contribution >= 0.6 is 15.9 Å². The molecule has 0 aliphatic heterocycles. The van der Waals surface area contributed by atoms with Crippen LogP contribution in [0.3, 0.4) is 0 Å². The van der Waals surface area contributed by atoms with Gasteiger partial charge in [-0.2, -0.15) is 5.10 Å². The Bertz CT molecular complexity index is 524. The van der Waals surface area contributed by atoms with E-state index < -0.39 is 0 Å². The summed E-state index contributed by atoms with van der Waals surface area (Å²) in [6.07, 6.45) is 2.98. The van der Waals surface area contributed by atoms with Gasteiger partial charge in [0.15, 0.2) is 0 Å². The van der Waals surface area contributed by atoms with Crippen molar-refractivity contribution < 1.29 is 0 Å². The van der Waals surface area contributed by atoms with Crippen molar-refractivity contribution >= 4 is 21.7 Å². The van der Waals surface area contributed by atoms with Crippen molar-refractivity contribution in [3.05, 3.63) is 46.6 Å². The molecule has 0 unspecified atom stereocenters. The smallest absolute Gasteiger partial charge is 0.145 e. The zero-order chi connectivity index (χ0) is 13.7. The maximum absolute atomic E-state index is 5.58. The number of hydrogen-bond donors (Lipinski definition) is 1. The lowest BCUT2D eigenvalue weighted by Crippen LogP contribution is -2.20. The Balaban J connectivity index is 1.74. The summed E-state index contributed by atoms with van der Waals surface area (Å²) in [5, 5.41) is 4.17. The summed E-state index contributed by atoms with van der Waals surface area (Å²) >= 11 is 3.50. The molecule has 0 saturated carbocycles. The zero-order valence-corrected chi connectivity index (χ0v) is 12.7. The number of nitrogen functional groups attached to an aromatic ring is 1. The second-order valence-electron chi connectivity index (χ2n) is 4.72. The zero-order valence-electron chi connectivity index (χ0n) is 11.1. The van der Waals surface area contributed by atoms with E-state index in [-0.39, 0.29) is 0 Å². The average Bonchev–Trinajstić information content (AvgIpc) is 2.75. The number of nitrogens with two attached hydrogens (primary N) is 1. The van der Waals surface area contributed by atoms with Crippen molar-refractivity contribution in [3.63, 3.8) is 0 Å². The molecule has 4 nitrogen and oxygen atoms in total. The fourth-order valence-corrected chi connectivity index (χ4v) is 2.48. The van der Waals surface area contributed by atoms with Crippen LogP contribution in [-0.4, -0.2) is 28.3 Å². The van der Waals surface area contributed by atoms with E-state index in [4.69, 9.17) is 5.73 Å². The van der Waals surface area contributed by atoms with Gasteiger partial charge in [-0.05, 0) is 43.8 Å². The summed E-state index contributed by atoms with van der Waals surface area (Å²) < 4.78 is 3.02. The number of benzene rings is 1. The Hall–Kier alpha value is -1.33. The predicted octanol–water partition coefficient (Wildman–Crippen LogP) is 2.75. The highest BCUT2D eigenvalue weighted by atomic mass is 79.9. The van der Waals surface area contributed by atoms with E-state index in [0.717, 1.165) is 30.5 Å². The van der Waals surface area contributed by atoms with Gasteiger partial charge in [0, 0.05) is 23.8 Å². The number of aromatic nitrogens is 2. The average molecular weight is 323 g/mol. The second kappa shape index (κ2) is 6.73.